The molecule has 0 aliphatic heterocycles. The molecule has 4 aliphatic rings. The largest absolute Gasteiger partial charge is 0.496 e. The number of benzene rings is 2. The van der Waals surface area contributed by atoms with Crippen LogP contribution in [0.1, 0.15) is 48.2 Å². The van der Waals surface area contributed by atoms with Crippen molar-refractivity contribution in [3.8, 4) is 22.8 Å². The minimum absolute atomic E-state index is 0.0519. The van der Waals surface area contributed by atoms with E-state index in [4.69, 9.17) is 26.8 Å². The number of nitrogens with one attached hydrogen (secondary N) is 1. The Hall–Kier alpha value is -3.98. The lowest BCUT2D eigenvalue weighted by atomic mass is 9.48. The molecule has 7 rings (SSSR count). The summed E-state index contributed by atoms with van der Waals surface area (Å²) < 4.78 is 12.8. The van der Waals surface area contributed by atoms with E-state index < -0.39 is 17.4 Å². The number of halogens is 1. The summed E-state index contributed by atoms with van der Waals surface area (Å²) in [5.41, 5.74) is 7.41. The van der Waals surface area contributed by atoms with Gasteiger partial charge < -0.3 is 25.6 Å². The Morgan fingerprint density at radius 1 is 1.05 bits per heavy atom. The average Bonchev–Trinajstić information content (AvgIpc) is 3.39. The molecule has 4 saturated carbocycles. The van der Waals surface area contributed by atoms with Crippen LogP contribution >= 0.6 is 11.6 Å². The fraction of sp³-hybridized carbons (Fsp3) is 0.387. The van der Waals surface area contributed by atoms with E-state index in [2.05, 4.69) is 17.0 Å². The Morgan fingerprint density at radius 3 is 2.20 bits per heavy atom. The maximum absolute atomic E-state index is 13.9. The summed E-state index contributed by atoms with van der Waals surface area (Å²) in [7, 11) is 3.09. The topological polar surface area (TPSA) is 129 Å². The predicted molar refractivity (Wildman–Crippen MR) is 156 cm³/mol. The molecule has 1 amide bonds. The smallest absolute Gasteiger partial charge is 0.330 e. The fourth-order valence-electron chi connectivity index (χ4n) is 7.68. The van der Waals surface area contributed by atoms with Crippen LogP contribution in [0.15, 0.2) is 49.0 Å². The van der Waals surface area contributed by atoms with Gasteiger partial charge in [-0.15, -0.1) is 0 Å². The molecule has 4 N–H and O–H groups in total. The lowest BCUT2D eigenvalue weighted by Crippen LogP contribution is -2.70. The highest BCUT2D eigenvalue weighted by molar-refractivity contribution is 6.31. The summed E-state index contributed by atoms with van der Waals surface area (Å²) in [5.74, 6) is 0.363. The van der Waals surface area contributed by atoms with E-state index in [0.29, 0.717) is 56.6 Å². The molecule has 4 bridgehead atoms. The van der Waals surface area contributed by atoms with Crippen LogP contribution in [0.2, 0.25) is 5.02 Å². The number of rotatable bonds is 8. The Kier molecular flexibility index (Phi) is 6.72. The van der Waals surface area contributed by atoms with E-state index in [1.807, 2.05) is 0 Å². The molecule has 0 radical (unpaired) electrons. The number of hydrogen-bond donors (Lipinski definition) is 3. The first kappa shape index (κ1) is 27.2. The summed E-state index contributed by atoms with van der Waals surface area (Å²) in [6, 6.07) is 12.0. The number of carboxylic acids is 1. The molecule has 4 fully saturated rings. The number of carbonyl (C=O) groups is 2. The fourth-order valence-corrected chi connectivity index (χ4v) is 7.86. The van der Waals surface area contributed by atoms with Crippen molar-refractivity contribution >= 4 is 34.9 Å². The zero-order valence-electron chi connectivity index (χ0n) is 23.0. The Morgan fingerprint density at radius 2 is 1.66 bits per heavy atom. The molecular formula is C31H33ClN4O5. The first-order chi connectivity index (χ1) is 19.7. The first-order valence-electron chi connectivity index (χ1n) is 13.8. The van der Waals surface area contributed by atoms with E-state index >= 15 is 0 Å². The van der Waals surface area contributed by atoms with Crippen molar-refractivity contribution in [2.75, 3.05) is 20.0 Å². The molecule has 2 aromatic carbocycles. The number of carboxylic acid groups (broad SMARTS) is 1. The van der Waals surface area contributed by atoms with E-state index in [1.165, 1.54) is 11.1 Å². The minimum atomic E-state index is -1.31. The molecule has 3 aromatic rings. The molecule has 0 saturated heterocycles. The second-order valence-electron chi connectivity index (χ2n) is 11.5. The van der Waals surface area contributed by atoms with Gasteiger partial charge in [0.1, 0.15) is 17.0 Å². The van der Waals surface area contributed by atoms with E-state index in [0.717, 1.165) is 25.7 Å². The summed E-state index contributed by atoms with van der Waals surface area (Å²) in [5, 5.41) is 18.7. The second kappa shape index (κ2) is 10.1. The van der Waals surface area contributed by atoms with Crippen molar-refractivity contribution < 1.29 is 24.2 Å². The lowest BCUT2D eigenvalue weighted by molar-refractivity contribution is -0.163. The normalized spacial score (nSPS) is 26.0. The zero-order chi connectivity index (χ0) is 29.1. The molecule has 9 nitrogen and oxygen atoms in total. The van der Waals surface area contributed by atoms with Gasteiger partial charge in [-0.1, -0.05) is 24.2 Å². The van der Waals surface area contributed by atoms with E-state index in [9.17, 15) is 14.7 Å². The number of aliphatic carboxylic acids is 1. The number of aromatic nitrogens is 2. The average molecular weight is 577 g/mol. The summed E-state index contributed by atoms with van der Waals surface area (Å²) >= 11 is 6.14. The lowest BCUT2D eigenvalue weighted by Gasteiger charge is -2.59. The third-order valence-electron chi connectivity index (χ3n) is 9.31. The van der Waals surface area contributed by atoms with Gasteiger partial charge in [-0.05, 0) is 92.2 Å². The van der Waals surface area contributed by atoms with Crippen molar-refractivity contribution in [1.29, 1.82) is 0 Å². The van der Waals surface area contributed by atoms with Gasteiger partial charge in [-0.25, -0.2) is 9.48 Å². The Labute approximate surface area is 243 Å². The SMILES string of the molecule is C=C(c1ccc(Cl)cc1N)n1nc(C(=O)NC2(C(=O)O)C3CC4CC(C3)CC2C4)cc1-c1c(OC)cccc1OC. The second-order valence-corrected chi connectivity index (χ2v) is 11.9. The molecule has 4 aliphatic carbocycles. The highest BCUT2D eigenvalue weighted by atomic mass is 35.5. The number of amides is 1. The Bertz CT molecular complexity index is 1510. The molecular weight excluding hydrogens is 544 g/mol. The van der Waals surface area contributed by atoms with Crippen LogP contribution in [-0.4, -0.2) is 46.5 Å². The molecule has 41 heavy (non-hydrogen) atoms. The van der Waals surface area contributed by atoms with Gasteiger partial charge in [0.2, 0.25) is 0 Å². The molecule has 1 heterocycles. The predicted octanol–water partition coefficient (Wildman–Crippen LogP) is 5.33. The zero-order valence-corrected chi connectivity index (χ0v) is 23.8. The van der Waals surface area contributed by atoms with Crippen molar-refractivity contribution in [3.05, 3.63) is 65.3 Å². The number of nitrogens with zero attached hydrogens (tertiary/aromatic N) is 2. The van der Waals surface area contributed by atoms with Crippen LogP contribution in [0.5, 0.6) is 11.5 Å². The maximum Gasteiger partial charge on any atom is 0.330 e. The van der Waals surface area contributed by atoms with Gasteiger partial charge in [-0.2, -0.15) is 5.10 Å². The number of methoxy groups -OCH3 is 2. The van der Waals surface area contributed by atoms with Crippen molar-refractivity contribution in [2.24, 2.45) is 23.7 Å². The van der Waals surface area contributed by atoms with Crippen LogP contribution < -0.4 is 20.5 Å². The van der Waals surface area contributed by atoms with Gasteiger partial charge in [-0.3, -0.25) is 4.79 Å². The third kappa shape index (κ3) is 4.34. The number of nitrogen functional groups attached to an aromatic ring is 1. The van der Waals surface area contributed by atoms with Gasteiger partial charge in [0.25, 0.3) is 5.91 Å². The van der Waals surface area contributed by atoms with Gasteiger partial charge in [0.15, 0.2) is 5.69 Å². The van der Waals surface area contributed by atoms with Crippen molar-refractivity contribution in [3.63, 3.8) is 0 Å². The number of nitrogens with two attached hydrogens (primary N) is 1. The first-order valence-corrected chi connectivity index (χ1v) is 14.2. The number of ether oxygens (including phenoxy) is 2. The van der Waals surface area contributed by atoms with Crippen LogP contribution in [-0.2, 0) is 4.79 Å². The quantitative estimate of drug-likeness (QED) is 0.309. The van der Waals surface area contributed by atoms with Crippen molar-refractivity contribution in [2.45, 2.75) is 37.6 Å². The van der Waals surface area contributed by atoms with Gasteiger partial charge in [0.05, 0.1) is 31.2 Å². The molecule has 0 spiro atoms. The van der Waals surface area contributed by atoms with Crippen LogP contribution in [0.4, 0.5) is 5.69 Å². The van der Waals surface area contributed by atoms with Crippen molar-refractivity contribution in [1.82, 2.24) is 15.1 Å². The molecule has 10 heteroatoms. The van der Waals surface area contributed by atoms with E-state index in [-0.39, 0.29) is 17.5 Å². The maximum atomic E-state index is 13.9. The van der Waals surface area contributed by atoms with Gasteiger partial charge in [0, 0.05) is 16.3 Å². The summed E-state index contributed by atoms with van der Waals surface area (Å²) in [6.07, 6.45) is 4.46. The summed E-state index contributed by atoms with van der Waals surface area (Å²) in [4.78, 5) is 26.8. The molecule has 0 atom stereocenters. The van der Waals surface area contributed by atoms with Gasteiger partial charge >= 0.3 is 5.97 Å². The number of anilines is 1. The number of carbonyl (C=O) groups excluding carboxylic acids is 1. The monoisotopic (exact) mass is 576 g/mol. The van der Waals surface area contributed by atoms with E-state index in [1.54, 1.807) is 56.7 Å². The van der Waals surface area contributed by atoms with Crippen LogP contribution in [0.3, 0.4) is 0 Å². The minimum Gasteiger partial charge on any atom is -0.496 e. The highest BCUT2D eigenvalue weighted by Crippen LogP contribution is 2.58. The summed E-state index contributed by atoms with van der Waals surface area (Å²) in [6.45, 7) is 4.24. The molecule has 0 unspecified atom stereocenters. The van der Waals surface area contributed by atoms with Crippen LogP contribution in [0, 0.1) is 23.7 Å². The molecule has 214 valence electrons. The Balaban J connectivity index is 1.45. The number of hydrogen-bond acceptors (Lipinski definition) is 6. The third-order valence-corrected chi connectivity index (χ3v) is 9.54. The van der Waals surface area contributed by atoms with Crippen LogP contribution in [0.25, 0.3) is 17.0 Å². The standard InChI is InChI=1S/C31H33ClN4O5/c1-16(22-8-7-21(32)14-23(22)33)36-25(28-26(40-2)5-4-6-27(28)41-3)15-24(35-36)29(37)34-31(30(38)39)19-10-17-9-18(12-19)13-20(31)11-17/h4-8,14-15,17-20H,1,9-13,33H2,2-3H3,(H,34,37)(H,38,39). The molecule has 1 aromatic heterocycles. The highest BCUT2D eigenvalue weighted by Gasteiger charge is 2.62.